The van der Waals surface area contributed by atoms with Crippen molar-refractivity contribution in [2.24, 2.45) is 0 Å². The first-order chi connectivity index (χ1) is 10.1. The SMILES string of the molecule is CCCCN(C1CC1)S(=O)(=O)c1ccc(CNCC)cn1. The van der Waals surface area contributed by atoms with Gasteiger partial charge < -0.3 is 5.32 Å². The first kappa shape index (κ1) is 16.4. The number of nitrogens with zero attached hydrogens (tertiary/aromatic N) is 2. The van der Waals surface area contributed by atoms with Crippen LogP contribution in [0.1, 0.15) is 45.1 Å². The van der Waals surface area contributed by atoms with Crippen molar-refractivity contribution in [3.63, 3.8) is 0 Å². The fourth-order valence-corrected chi connectivity index (χ4v) is 3.87. The van der Waals surface area contributed by atoms with E-state index in [0.29, 0.717) is 13.1 Å². The van der Waals surface area contributed by atoms with Crippen LogP contribution in [0, 0.1) is 0 Å². The Morgan fingerprint density at radius 1 is 1.33 bits per heavy atom. The van der Waals surface area contributed by atoms with Gasteiger partial charge in [-0.05, 0) is 37.4 Å². The molecule has 0 spiro atoms. The largest absolute Gasteiger partial charge is 0.313 e. The topological polar surface area (TPSA) is 62.3 Å². The summed E-state index contributed by atoms with van der Waals surface area (Å²) in [6.45, 7) is 6.31. The first-order valence-corrected chi connectivity index (χ1v) is 9.21. The molecule has 118 valence electrons. The molecule has 0 radical (unpaired) electrons. The molecule has 0 bridgehead atoms. The van der Waals surface area contributed by atoms with E-state index in [1.54, 1.807) is 16.6 Å². The van der Waals surface area contributed by atoms with E-state index in [0.717, 1.165) is 37.8 Å². The summed E-state index contributed by atoms with van der Waals surface area (Å²) in [6, 6.07) is 3.65. The average Bonchev–Trinajstić information content (AvgIpc) is 3.30. The van der Waals surface area contributed by atoms with E-state index in [-0.39, 0.29) is 11.1 Å². The lowest BCUT2D eigenvalue weighted by Gasteiger charge is -2.21. The van der Waals surface area contributed by atoms with Crippen LogP contribution >= 0.6 is 0 Å². The molecule has 0 aromatic carbocycles. The minimum absolute atomic E-state index is 0.172. The van der Waals surface area contributed by atoms with Crippen LogP contribution in [-0.4, -0.2) is 36.8 Å². The van der Waals surface area contributed by atoms with Crippen LogP contribution < -0.4 is 5.32 Å². The van der Waals surface area contributed by atoms with E-state index >= 15 is 0 Å². The molecule has 0 amide bonds. The van der Waals surface area contributed by atoms with E-state index in [4.69, 9.17) is 0 Å². The Hall–Kier alpha value is -0.980. The van der Waals surface area contributed by atoms with Crippen LogP contribution in [0.25, 0.3) is 0 Å². The molecule has 1 aromatic rings. The molecule has 21 heavy (non-hydrogen) atoms. The lowest BCUT2D eigenvalue weighted by atomic mass is 10.3. The van der Waals surface area contributed by atoms with Gasteiger partial charge in [-0.15, -0.1) is 0 Å². The molecule has 1 N–H and O–H groups in total. The average molecular weight is 311 g/mol. The summed E-state index contributed by atoms with van der Waals surface area (Å²) < 4.78 is 27.0. The third kappa shape index (κ3) is 4.25. The quantitative estimate of drug-likeness (QED) is 0.759. The molecule has 1 aliphatic carbocycles. The van der Waals surface area contributed by atoms with Crippen molar-refractivity contribution >= 4 is 10.0 Å². The van der Waals surface area contributed by atoms with E-state index in [1.807, 2.05) is 13.0 Å². The molecule has 0 atom stereocenters. The van der Waals surface area contributed by atoms with Gasteiger partial charge >= 0.3 is 0 Å². The van der Waals surface area contributed by atoms with Crippen molar-refractivity contribution in [3.05, 3.63) is 23.9 Å². The number of rotatable bonds is 9. The van der Waals surface area contributed by atoms with Crippen LogP contribution in [0.2, 0.25) is 0 Å². The maximum Gasteiger partial charge on any atom is 0.260 e. The Bertz CT molecular complexity index is 539. The molecule has 6 heteroatoms. The number of sulfonamides is 1. The van der Waals surface area contributed by atoms with Gasteiger partial charge in [0.15, 0.2) is 5.03 Å². The Kier molecular flexibility index (Phi) is 5.72. The van der Waals surface area contributed by atoms with E-state index in [1.165, 1.54) is 0 Å². The molecule has 1 fully saturated rings. The summed E-state index contributed by atoms with van der Waals surface area (Å²) in [5.74, 6) is 0. The Balaban J connectivity index is 2.13. The van der Waals surface area contributed by atoms with Crippen LogP contribution in [0.3, 0.4) is 0 Å². The van der Waals surface area contributed by atoms with Gasteiger partial charge in [-0.2, -0.15) is 4.31 Å². The van der Waals surface area contributed by atoms with Crippen molar-refractivity contribution in [2.45, 2.75) is 57.1 Å². The molecule has 5 nitrogen and oxygen atoms in total. The van der Waals surface area contributed by atoms with Gasteiger partial charge in [-0.25, -0.2) is 13.4 Å². The molecular formula is C15H25N3O2S. The predicted molar refractivity (Wildman–Crippen MR) is 83.4 cm³/mol. The van der Waals surface area contributed by atoms with Gasteiger partial charge in [-0.3, -0.25) is 0 Å². The summed E-state index contributed by atoms with van der Waals surface area (Å²) in [6.07, 6.45) is 5.49. The van der Waals surface area contributed by atoms with Gasteiger partial charge in [0.2, 0.25) is 0 Å². The molecule has 1 saturated carbocycles. The predicted octanol–water partition coefficient (Wildman–Crippen LogP) is 2.14. The second-order valence-electron chi connectivity index (χ2n) is 5.49. The minimum Gasteiger partial charge on any atom is -0.313 e. The van der Waals surface area contributed by atoms with Crippen LogP contribution in [0.5, 0.6) is 0 Å². The summed E-state index contributed by atoms with van der Waals surface area (Å²) >= 11 is 0. The lowest BCUT2D eigenvalue weighted by Crippen LogP contribution is -2.34. The van der Waals surface area contributed by atoms with Gasteiger partial charge in [0.05, 0.1) is 0 Å². The summed E-state index contributed by atoms with van der Waals surface area (Å²) in [7, 11) is -3.45. The second-order valence-corrected chi connectivity index (χ2v) is 7.32. The van der Waals surface area contributed by atoms with E-state index < -0.39 is 10.0 Å². The van der Waals surface area contributed by atoms with Crippen LogP contribution in [0.4, 0.5) is 0 Å². The molecule has 0 unspecified atom stereocenters. The van der Waals surface area contributed by atoms with Crippen LogP contribution in [0.15, 0.2) is 23.4 Å². The lowest BCUT2D eigenvalue weighted by molar-refractivity contribution is 0.394. The summed E-state index contributed by atoms with van der Waals surface area (Å²) in [4.78, 5) is 4.17. The number of hydrogen-bond donors (Lipinski definition) is 1. The number of unbranched alkanes of at least 4 members (excludes halogenated alkanes) is 1. The minimum atomic E-state index is -3.45. The van der Waals surface area contributed by atoms with Crippen molar-refractivity contribution in [3.8, 4) is 0 Å². The molecule has 1 heterocycles. The van der Waals surface area contributed by atoms with Crippen molar-refractivity contribution in [1.82, 2.24) is 14.6 Å². The highest BCUT2D eigenvalue weighted by Gasteiger charge is 2.38. The molecule has 1 aliphatic rings. The second kappa shape index (κ2) is 7.33. The normalized spacial score (nSPS) is 15.6. The highest BCUT2D eigenvalue weighted by molar-refractivity contribution is 7.89. The van der Waals surface area contributed by atoms with Crippen molar-refractivity contribution in [1.29, 1.82) is 0 Å². The van der Waals surface area contributed by atoms with Gasteiger partial charge in [0.1, 0.15) is 0 Å². The van der Waals surface area contributed by atoms with Gasteiger partial charge in [0, 0.05) is 25.3 Å². The highest BCUT2D eigenvalue weighted by Crippen LogP contribution is 2.31. The van der Waals surface area contributed by atoms with Gasteiger partial charge in [0.25, 0.3) is 10.0 Å². The van der Waals surface area contributed by atoms with Crippen LogP contribution in [-0.2, 0) is 16.6 Å². The zero-order valence-electron chi connectivity index (χ0n) is 12.9. The Labute approximate surface area is 127 Å². The highest BCUT2D eigenvalue weighted by atomic mass is 32.2. The Morgan fingerprint density at radius 2 is 2.10 bits per heavy atom. The number of aromatic nitrogens is 1. The third-order valence-electron chi connectivity index (χ3n) is 3.64. The maximum atomic E-state index is 12.7. The summed E-state index contributed by atoms with van der Waals surface area (Å²) in [5, 5.41) is 3.37. The number of hydrogen-bond acceptors (Lipinski definition) is 4. The van der Waals surface area contributed by atoms with Gasteiger partial charge in [-0.1, -0.05) is 26.3 Å². The maximum absolute atomic E-state index is 12.7. The van der Waals surface area contributed by atoms with E-state index in [2.05, 4.69) is 17.2 Å². The zero-order chi connectivity index (χ0) is 15.3. The fourth-order valence-electron chi connectivity index (χ4n) is 2.23. The molecule has 0 aliphatic heterocycles. The third-order valence-corrected chi connectivity index (χ3v) is 5.50. The van der Waals surface area contributed by atoms with Crippen molar-refractivity contribution in [2.75, 3.05) is 13.1 Å². The zero-order valence-corrected chi connectivity index (χ0v) is 13.7. The monoisotopic (exact) mass is 311 g/mol. The molecule has 2 rings (SSSR count). The fraction of sp³-hybridized carbons (Fsp3) is 0.667. The molecule has 0 saturated heterocycles. The molecule has 1 aromatic heterocycles. The first-order valence-electron chi connectivity index (χ1n) is 7.77. The van der Waals surface area contributed by atoms with Crippen molar-refractivity contribution < 1.29 is 8.42 Å². The Morgan fingerprint density at radius 3 is 2.62 bits per heavy atom. The molecular weight excluding hydrogens is 286 g/mol. The smallest absolute Gasteiger partial charge is 0.260 e. The number of nitrogens with one attached hydrogen (secondary N) is 1. The summed E-state index contributed by atoms with van der Waals surface area (Å²) in [5.41, 5.74) is 1.00. The van der Waals surface area contributed by atoms with E-state index in [9.17, 15) is 8.42 Å². The standard InChI is InChI=1S/C15H25N3O2S/c1-3-5-10-18(14-7-8-14)21(19,20)15-9-6-13(12-17-15)11-16-4-2/h6,9,12,14,16H,3-5,7-8,10-11H2,1-2H3. The number of pyridine rings is 1.